The molecule has 5 aliphatic rings. The highest BCUT2D eigenvalue weighted by atomic mass is 16.8. The molecule has 2 N–H and O–H groups in total. The Balaban J connectivity index is 1.30. The van der Waals surface area contributed by atoms with Crippen LogP contribution >= 0.6 is 0 Å². The molecular formula is C30H28O11. The lowest BCUT2D eigenvalue weighted by Crippen LogP contribution is -2.58. The fraction of sp³-hybridized carbons (Fsp3) is 0.433. The minimum absolute atomic E-state index is 0.0234. The first-order valence-corrected chi connectivity index (χ1v) is 13.6. The van der Waals surface area contributed by atoms with Crippen molar-refractivity contribution >= 4 is 16.6 Å². The highest BCUT2D eigenvalue weighted by Gasteiger charge is 2.55. The number of aliphatic hydroxyl groups excluding tert-OH is 2. The van der Waals surface area contributed by atoms with Gasteiger partial charge in [-0.15, -0.1) is 0 Å². The average Bonchev–Trinajstić information content (AvgIpc) is 3.74. The van der Waals surface area contributed by atoms with E-state index < -0.39 is 36.5 Å². The van der Waals surface area contributed by atoms with Crippen molar-refractivity contribution in [2.24, 2.45) is 0 Å². The van der Waals surface area contributed by atoms with Crippen molar-refractivity contribution in [2.75, 3.05) is 20.2 Å². The summed E-state index contributed by atoms with van der Waals surface area (Å²) in [7, 11) is 0. The molecule has 2 saturated heterocycles. The monoisotopic (exact) mass is 564 g/mol. The van der Waals surface area contributed by atoms with E-state index in [1.807, 2.05) is 30.3 Å². The summed E-state index contributed by atoms with van der Waals surface area (Å²) >= 11 is 0. The normalized spacial score (nSPS) is 28.7. The van der Waals surface area contributed by atoms with Gasteiger partial charge in [0, 0.05) is 28.5 Å². The van der Waals surface area contributed by atoms with E-state index >= 15 is 0 Å². The second kappa shape index (κ2) is 8.94. The zero-order valence-corrected chi connectivity index (χ0v) is 22.4. The van der Waals surface area contributed by atoms with Gasteiger partial charge in [0.15, 0.2) is 34.6 Å². The van der Waals surface area contributed by atoms with E-state index in [9.17, 15) is 15.0 Å². The van der Waals surface area contributed by atoms with Gasteiger partial charge in [0.25, 0.3) is 0 Å². The van der Waals surface area contributed by atoms with E-state index in [0.29, 0.717) is 63.5 Å². The number of ketones is 1. The number of fused-ring (bicyclic) bond motifs is 5. The number of ether oxygens (including phenoxy) is 8. The molecule has 4 aliphatic heterocycles. The molecule has 0 spiro atoms. The molecule has 41 heavy (non-hydrogen) atoms. The number of carbonyl (C=O) groups excluding carboxylic acids is 1. The van der Waals surface area contributed by atoms with E-state index in [2.05, 4.69) is 0 Å². The van der Waals surface area contributed by atoms with Crippen molar-refractivity contribution in [3.63, 3.8) is 0 Å². The molecule has 214 valence electrons. The Labute approximate surface area is 234 Å². The van der Waals surface area contributed by atoms with E-state index in [1.165, 1.54) is 0 Å². The number of carbonyl (C=O) groups is 1. The molecule has 0 aromatic heterocycles. The number of Topliss-reactive ketones (excluding diaryl/α,β-unsaturated/α-hetero) is 1. The summed E-state index contributed by atoms with van der Waals surface area (Å²) in [5.41, 5.74) is 2.76. The van der Waals surface area contributed by atoms with Crippen LogP contribution in [0.5, 0.6) is 28.7 Å². The molecule has 5 unspecified atom stereocenters. The van der Waals surface area contributed by atoms with Crippen molar-refractivity contribution in [3.8, 4) is 39.9 Å². The third-order valence-corrected chi connectivity index (χ3v) is 8.26. The van der Waals surface area contributed by atoms with Gasteiger partial charge in [-0.25, -0.2) is 0 Å². The summed E-state index contributed by atoms with van der Waals surface area (Å²) in [5, 5.41) is 22.8. The Bertz CT molecular complexity index is 1600. The predicted molar refractivity (Wildman–Crippen MR) is 140 cm³/mol. The molecule has 11 heteroatoms. The first-order valence-electron chi connectivity index (χ1n) is 13.6. The lowest BCUT2D eigenvalue weighted by Gasteiger charge is -2.39. The van der Waals surface area contributed by atoms with Crippen LogP contribution in [0, 0.1) is 0 Å². The average molecular weight is 565 g/mol. The molecule has 11 nitrogen and oxygen atoms in total. The second-order valence-electron chi connectivity index (χ2n) is 11.2. The second-order valence-corrected chi connectivity index (χ2v) is 11.2. The van der Waals surface area contributed by atoms with Crippen molar-refractivity contribution in [1.82, 2.24) is 0 Å². The molecule has 5 atom stereocenters. The van der Waals surface area contributed by atoms with Crippen molar-refractivity contribution in [3.05, 3.63) is 41.5 Å². The number of benzene rings is 3. The van der Waals surface area contributed by atoms with Crippen LogP contribution in [0.3, 0.4) is 0 Å². The van der Waals surface area contributed by atoms with Crippen molar-refractivity contribution in [1.29, 1.82) is 0 Å². The predicted octanol–water partition coefficient (Wildman–Crippen LogP) is 3.07. The standard InChI is InChI=1S/C30H28O11/c1-30(2)40-27-22(10-31)38-29(25(33)28(27)41-30)39-26-14-4-5-17(32)24(14)23(13-3-6-18-19(7-13)35-11-34-18)15-8-20-21(9-16(15)26)37-12-36-20/h3,6-9,22,25,27-29,31,33H,4-5,10-12H2,1-2H3. The zero-order chi connectivity index (χ0) is 28.0. The van der Waals surface area contributed by atoms with Gasteiger partial charge in [0.2, 0.25) is 19.9 Å². The topological polar surface area (TPSA) is 131 Å². The maximum absolute atomic E-state index is 13.5. The van der Waals surface area contributed by atoms with Gasteiger partial charge >= 0.3 is 0 Å². The Kier molecular flexibility index (Phi) is 5.48. The molecule has 3 aromatic carbocycles. The summed E-state index contributed by atoms with van der Waals surface area (Å²) in [5.74, 6) is 1.74. The molecule has 1 aliphatic carbocycles. The Morgan fingerprint density at radius 1 is 0.878 bits per heavy atom. The minimum atomic E-state index is -1.23. The number of aliphatic hydroxyl groups is 2. The summed E-state index contributed by atoms with van der Waals surface area (Å²) in [6.45, 7) is 3.33. The smallest absolute Gasteiger partial charge is 0.231 e. The van der Waals surface area contributed by atoms with E-state index in [-0.39, 0.29) is 26.0 Å². The highest BCUT2D eigenvalue weighted by molar-refractivity contribution is 6.16. The van der Waals surface area contributed by atoms with Crippen LogP contribution in [0.25, 0.3) is 21.9 Å². The SMILES string of the molecule is CC1(C)OC2C(CO)OC(Oc3c4c(c(-c5ccc6c(c5)OCO6)c5cc6c(cc35)OCO6)C(=O)CC4)C(O)C2O1. The molecule has 0 saturated carbocycles. The molecule has 3 aromatic rings. The largest absolute Gasteiger partial charge is 0.461 e. The number of hydrogen-bond acceptors (Lipinski definition) is 11. The van der Waals surface area contributed by atoms with E-state index in [1.54, 1.807) is 13.8 Å². The lowest BCUT2D eigenvalue weighted by atomic mass is 9.89. The molecule has 0 radical (unpaired) electrons. The van der Waals surface area contributed by atoms with Crippen LogP contribution < -0.4 is 23.7 Å². The molecular weight excluding hydrogens is 536 g/mol. The van der Waals surface area contributed by atoms with Gasteiger partial charge in [0.1, 0.15) is 30.2 Å². The minimum Gasteiger partial charge on any atom is -0.461 e. The zero-order valence-electron chi connectivity index (χ0n) is 22.4. The van der Waals surface area contributed by atoms with Gasteiger partial charge in [-0.1, -0.05) is 6.07 Å². The molecule has 0 bridgehead atoms. The quantitative estimate of drug-likeness (QED) is 0.485. The Morgan fingerprint density at radius 2 is 1.56 bits per heavy atom. The van der Waals surface area contributed by atoms with Crippen LogP contribution in [0.4, 0.5) is 0 Å². The Hall–Kier alpha value is -3.61. The number of hydrogen-bond donors (Lipinski definition) is 2. The first kappa shape index (κ1) is 25.1. The molecule has 2 fully saturated rings. The molecule has 8 rings (SSSR count). The summed E-state index contributed by atoms with van der Waals surface area (Å²) in [6.07, 6.45) is -3.92. The maximum atomic E-state index is 13.5. The Morgan fingerprint density at radius 3 is 2.32 bits per heavy atom. The molecule has 0 amide bonds. The van der Waals surface area contributed by atoms with E-state index in [4.69, 9.17) is 37.9 Å². The highest BCUT2D eigenvalue weighted by Crippen LogP contribution is 2.51. The van der Waals surface area contributed by atoms with Gasteiger partial charge < -0.3 is 48.1 Å². The van der Waals surface area contributed by atoms with Crippen molar-refractivity contribution < 1.29 is 52.9 Å². The van der Waals surface area contributed by atoms with Crippen LogP contribution in [0.1, 0.15) is 36.2 Å². The summed E-state index contributed by atoms with van der Waals surface area (Å²) < 4.78 is 47.0. The van der Waals surface area contributed by atoms with Crippen LogP contribution in [0.2, 0.25) is 0 Å². The summed E-state index contributed by atoms with van der Waals surface area (Å²) in [6, 6.07) is 9.27. The summed E-state index contributed by atoms with van der Waals surface area (Å²) in [4.78, 5) is 13.5. The van der Waals surface area contributed by atoms with Gasteiger partial charge in [-0.05, 0) is 55.5 Å². The van der Waals surface area contributed by atoms with Crippen LogP contribution in [0.15, 0.2) is 30.3 Å². The fourth-order valence-electron chi connectivity index (χ4n) is 6.51. The van der Waals surface area contributed by atoms with Crippen LogP contribution in [-0.2, 0) is 20.6 Å². The fourth-order valence-corrected chi connectivity index (χ4v) is 6.51. The number of rotatable bonds is 4. The third-order valence-electron chi connectivity index (χ3n) is 8.26. The van der Waals surface area contributed by atoms with E-state index in [0.717, 1.165) is 11.1 Å². The van der Waals surface area contributed by atoms with Crippen LogP contribution in [-0.4, -0.2) is 72.7 Å². The third kappa shape index (κ3) is 3.80. The van der Waals surface area contributed by atoms with Gasteiger partial charge in [0.05, 0.1) is 6.61 Å². The first-order chi connectivity index (χ1) is 19.8. The van der Waals surface area contributed by atoms with Gasteiger partial charge in [-0.2, -0.15) is 0 Å². The molecule has 4 heterocycles. The van der Waals surface area contributed by atoms with Crippen molar-refractivity contribution in [2.45, 2.75) is 63.2 Å². The van der Waals surface area contributed by atoms with Gasteiger partial charge in [-0.3, -0.25) is 4.79 Å². The lowest BCUT2D eigenvalue weighted by molar-refractivity contribution is -0.254. The maximum Gasteiger partial charge on any atom is 0.231 e.